The summed E-state index contributed by atoms with van der Waals surface area (Å²) in [6.45, 7) is 4.26. The van der Waals surface area contributed by atoms with Gasteiger partial charge in [-0.05, 0) is 120 Å². The molecule has 4 aliphatic rings. The van der Waals surface area contributed by atoms with E-state index in [1.165, 1.54) is 0 Å². The van der Waals surface area contributed by atoms with Crippen molar-refractivity contribution in [2.24, 2.45) is 11.8 Å². The van der Waals surface area contributed by atoms with Gasteiger partial charge < -0.3 is 40.6 Å². The number of aromatic amines is 2. The maximum atomic E-state index is 14.1. The summed E-state index contributed by atoms with van der Waals surface area (Å²) >= 11 is 0. The number of imidazole rings is 2. The van der Waals surface area contributed by atoms with Crippen molar-refractivity contribution in [2.45, 2.75) is 75.8 Å². The highest BCUT2D eigenvalue weighted by Crippen LogP contribution is 2.55. The fraction of sp³-hybridized carbons (Fsp3) is 0.280. The lowest BCUT2D eigenvalue weighted by atomic mass is 9.90. The summed E-state index contributed by atoms with van der Waals surface area (Å²) in [7, 11) is 0. The molecule has 2 saturated carbocycles. The molecule has 0 radical (unpaired) electrons. The van der Waals surface area contributed by atoms with E-state index in [0.717, 1.165) is 81.1 Å². The van der Waals surface area contributed by atoms with E-state index in [1.54, 1.807) is 48.5 Å². The van der Waals surface area contributed by atoms with Crippen LogP contribution in [0.2, 0.25) is 0 Å². The van der Waals surface area contributed by atoms with Crippen molar-refractivity contribution in [1.29, 1.82) is 0 Å². The molecule has 4 heterocycles. The number of fused-ring (bicyclic) bond motifs is 4. The Morgan fingerprint density at radius 2 is 0.984 bits per heavy atom. The Kier molecular flexibility index (Phi) is 9.29. The van der Waals surface area contributed by atoms with Gasteiger partial charge in [0, 0.05) is 12.1 Å². The lowest BCUT2D eigenvalue weighted by molar-refractivity contribution is -0.136. The minimum Gasteiger partial charge on any atom is -0.465 e. The summed E-state index contributed by atoms with van der Waals surface area (Å²) < 4.78 is 0. The Morgan fingerprint density at radius 1 is 0.578 bits per heavy atom. The first kappa shape index (κ1) is 39.4. The summed E-state index contributed by atoms with van der Waals surface area (Å²) in [5, 5.41) is 24.2. The first-order chi connectivity index (χ1) is 31.0. The van der Waals surface area contributed by atoms with Crippen molar-refractivity contribution in [3.05, 3.63) is 143 Å². The number of likely N-dealkylation sites (tertiary alicyclic amines) is 2. The number of hydrogen-bond donors (Lipinski definition) is 6. The molecule has 322 valence electrons. The number of carboxylic acid groups (broad SMARTS) is 2. The van der Waals surface area contributed by atoms with Crippen LogP contribution in [0.5, 0.6) is 0 Å². The largest absolute Gasteiger partial charge is 0.465 e. The topological polar surface area (TPSA) is 197 Å². The number of piperidine rings is 2. The Labute approximate surface area is 367 Å². The predicted molar refractivity (Wildman–Crippen MR) is 239 cm³/mol. The summed E-state index contributed by atoms with van der Waals surface area (Å²) in [6, 6.07) is 32.1. The van der Waals surface area contributed by atoms with Gasteiger partial charge in [-0.2, -0.15) is 0 Å². The van der Waals surface area contributed by atoms with E-state index in [9.17, 15) is 29.4 Å². The molecule has 4 fully saturated rings. The van der Waals surface area contributed by atoms with Crippen molar-refractivity contribution < 1.29 is 29.4 Å². The second-order valence-corrected chi connectivity index (χ2v) is 17.8. The molecule has 5 aromatic carbocycles. The van der Waals surface area contributed by atoms with Crippen LogP contribution in [0.15, 0.2) is 109 Å². The monoisotopic (exact) mass is 854 g/mol. The maximum absolute atomic E-state index is 14.1. The minimum absolute atomic E-state index is 0.0602. The Balaban J connectivity index is 0.845. The highest BCUT2D eigenvalue weighted by atomic mass is 16.4. The van der Waals surface area contributed by atoms with Crippen molar-refractivity contribution in [2.75, 3.05) is 0 Å². The van der Waals surface area contributed by atoms with E-state index in [0.29, 0.717) is 34.6 Å². The Morgan fingerprint density at radius 3 is 1.38 bits per heavy atom. The van der Waals surface area contributed by atoms with E-state index in [-0.39, 0.29) is 36.0 Å². The van der Waals surface area contributed by atoms with Gasteiger partial charge in [-0.25, -0.2) is 19.6 Å². The van der Waals surface area contributed by atoms with Gasteiger partial charge in [-0.1, -0.05) is 84.9 Å². The molecule has 64 heavy (non-hydrogen) atoms. The summed E-state index contributed by atoms with van der Waals surface area (Å²) in [6.07, 6.45) is 0.841. The van der Waals surface area contributed by atoms with Crippen LogP contribution in [0.3, 0.4) is 0 Å². The van der Waals surface area contributed by atoms with Gasteiger partial charge in [0.05, 0.1) is 34.2 Å². The summed E-state index contributed by atoms with van der Waals surface area (Å²) in [5.74, 6) is 1.59. The Bertz CT molecular complexity index is 2820. The zero-order valence-electron chi connectivity index (χ0n) is 35.2. The molecular weight excluding hydrogens is 809 g/mol. The molecule has 0 spiro atoms. The van der Waals surface area contributed by atoms with E-state index in [4.69, 9.17) is 9.97 Å². The fourth-order valence-corrected chi connectivity index (χ4v) is 10.6. The van der Waals surface area contributed by atoms with E-state index in [2.05, 4.69) is 70.8 Å². The number of carbonyl (C=O) groups excluding carboxylic acids is 2. The third-order valence-corrected chi connectivity index (χ3v) is 14.1. The quantitative estimate of drug-likeness (QED) is 0.0785. The number of carbonyl (C=O) groups is 4. The maximum Gasteiger partial charge on any atom is 0.405 e. The molecule has 2 aliphatic carbocycles. The van der Waals surface area contributed by atoms with E-state index in [1.807, 2.05) is 34.1 Å². The molecule has 7 aromatic rings. The van der Waals surface area contributed by atoms with Crippen LogP contribution < -0.4 is 10.6 Å². The van der Waals surface area contributed by atoms with Gasteiger partial charge in [0.1, 0.15) is 23.7 Å². The van der Waals surface area contributed by atoms with Crippen molar-refractivity contribution in [1.82, 2.24) is 40.4 Å². The molecule has 0 bridgehead atoms. The number of aromatic nitrogens is 4. The molecule has 11 rings (SSSR count). The summed E-state index contributed by atoms with van der Waals surface area (Å²) in [4.78, 5) is 72.6. The number of nitrogens with zero attached hydrogens (tertiary/aromatic N) is 4. The lowest BCUT2D eigenvalue weighted by Crippen LogP contribution is -2.44. The lowest BCUT2D eigenvalue weighted by Gasteiger charge is -2.30. The van der Waals surface area contributed by atoms with Crippen LogP contribution in [-0.2, 0) is 9.59 Å². The second-order valence-electron chi connectivity index (χ2n) is 17.8. The van der Waals surface area contributed by atoms with Crippen molar-refractivity contribution >= 4 is 46.1 Å². The molecule has 2 aromatic heterocycles. The molecule has 14 nitrogen and oxygen atoms in total. The van der Waals surface area contributed by atoms with Crippen LogP contribution >= 0.6 is 0 Å². The fourth-order valence-electron chi connectivity index (χ4n) is 10.6. The molecule has 4 amide bonds. The highest BCUT2D eigenvalue weighted by molar-refractivity contribution is 5.90. The predicted octanol–water partition coefficient (Wildman–Crippen LogP) is 8.73. The van der Waals surface area contributed by atoms with Crippen molar-refractivity contribution in [3.63, 3.8) is 0 Å². The number of nitrogens with one attached hydrogen (secondary N) is 4. The standard InChI is InChI=1S/C50H46N8O6/c1-25-26(2)34(30-14-18-36-38(20-30)54-46(52-36)42-24-32-22-40(32)58(42)48(60)44(56-50(63)64)28-11-7-4-8-12-28)16-15-33(25)29-13-17-35-37(19-29)53-45(51-35)41-23-31-21-39(31)57(41)47(59)43(55-49(61)62)27-9-5-3-6-10-27/h3-20,31-32,39-44,55-56H,21-24H2,1-2H3,(H,51,53)(H,52,54)(H,61,62)(H,63,64)/t31-,32-,39?,40?,41+,42+,43-,44-/m1/s1. The van der Waals surface area contributed by atoms with E-state index >= 15 is 0 Å². The SMILES string of the molecule is Cc1c(-c2ccc3nc([C@@H]4C[C@H]5CC5N4C(=O)[C@H](NC(=O)O)c4ccccc4)[nH]c3c2)ccc(-c2ccc3nc([C@@H]4C[C@H]5CC5N4C(=O)[C@H](NC(=O)O)c4ccccc4)[nH]c3c2)c1C. The number of benzene rings is 5. The summed E-state index contributed by atoms with van der Waals surface area (Å²) in [5.41, 5.74) is 11.0. The van der Waals surface area contributed by atoms with Gasteiger partial charge in [0.25, 0.3) is 11.8 Å². The van der Waals surface area contributed by atoms with Crippen LogP contribution in [-0.4, -0.2) is 76.0 Å². The Hall–Kier alpha value is -7.48. The van der Waals surface area contributed by atoms with Crippen LogP contribution in [0.4, 0.5) is 9.59 Å². The van der Waals surface area contributed by atoms with Crippen LogP contribution in [0, 0.1) is 25.7 Å². The smallest absolute Gasteiger partial charge is 0.405 e. The molecular formula is C50H46N8O6. The zero-order chi connectivity index (χ0) is 44.0. The number of hydrogen-bond acceptors (Lipinski definition) is 6. The number of rotatable bonds is 10. The average molecular weight is 855 g/mol. The van der Waals surface area contributed by atoms with Crippen LogP contribution in [0.1, 0.15) is 83.8 Å². The van der Waals surface area contributed by atoms with Crippen LogP contribution in [0.25, 0.3) is 44.3 Å². The van der Waals surface area contributed by atoms with Gasteiger partial charge >= 0.3 is 12.2 Å². The van der Waals surface area contributed by atoms with Gasteiger partial charge in [-0.3, -0.25) is 9.59 Å². The minimum atomic E-state index is -1.25. The number of amides is 4. The molecule has 6 N–H and O–H groups in total. The zero-order valence-corrected chi connectivity index (χ0v) is 35.2. The normalized spacial score (nSPS) is 22.8. The second kappa shape index (κ2) is 15.1. The molecule has 2 saturated heterocycles. The molecule has 14 heteroatoms. The first-order valence-corrected chi connectivity index (χ1v) is 21.8. The van der Waals surface area contributed by atoms with E-state index < -0.39 is 24.3 Å². The average Bonchev–Trinajstić information content (AvgIpc) is 3.96. The third kappa shape index (κ3) is 6.80. The highest BCUT2D eigenvalue weighted by Gasteiger charge is 2.57. The van der Waals surface area contributed by atoms with Gasteiger partial charge in [0.2, 0.25) is 0 Å². The van der Waals surface area contributed by atoms with Gasteiger partial charge in [-0.15, -0.1) is 0 Å². The first-order valence-electron chi connectivity index (χ1n) is 21.8. The third-order valence-electron chi connectivity index (χ3n) is 14.1. The molecule has 8 atom stereocenters. The van der Waals surface area contributed by atoms with Crippen molar-refractivity contribution in [3.8, 4) is 22.3 Å². The molecule has 2 unspecified atom stereocenters. The van der Waals surface area contributed by atoms with Gasteiger partial charge in [0.15, 0.2) is 0 Å². The molecule has 2 aliphatic heterocycles. The number of H-pyrrole nitrogens is 2.